The molecule has 15 heteroatoms. The number of imidazole rings is 1. The first kappa shape index (κ1) is 34.8. The van der Waals surface area contributed by atoms with Crippen LogP contribution in [-0.2, 0) is 37.0 Å². The summed E-state index contributed by atoms with van der Waals surface area (Å²) in [6, 6.07) is 0.978. The first-order chi connectivity index (χ1) is 24.3. The van der Waals surface area contributed by atoms with Gasteiger partial charge in [0.2, 0.25) is 0 Å². The molecule has 0 aliphatic carbocycles. The van der Waals surface area contributed by atoms with Crippen LogP contribution in [0.4, 0.5) is 29.1 Å². The van der Waals surface area contributed by atoms with E-state index in [2.05, 4.69) is 28.3 Å². The Morgan fingerprint density at radius 3 is 2.75 bits per heavy atom. The van der Waals surface area contributed by atoms with Crippen molar-refractivity contribution >= 4 is 17.4 Å². The Morgan fingerprint density at radius 1 is 1.20 bits per heavy atom. The molecule has 6 heterocycles. The van der Waals surface area contributed by atoms with Crippen LogP contribution < -0.4 is 15.4 Å². The molecular formula is C36H40F4N8O3. The highest BCUT2D eigenvalue weighted by molar-refractivity contribution is 5.91. The van der Waals surface area contributed by atoms with Gasteiger partial charge in [0.1, 0.15) is 23.9 Å². The second-order valence-corrected chi connectivity index (χ2v) is 13.9. The number of benzene rings is 1. The molecule has 0 radical (unpaired) electrons. The van der Waals surface area contributed by atoms with Crippen LogP contribution in [0.3, 0.4) is 0 Å². The van der Waals surface area contributed by atoms with E-state index in [0.717, 1.165) is 44.0 Å². The number of ether oxygens (including phenoxy) is 2. The molecule has 2 saturated heterocycles. The summed E-state index contributed by atoms with van der Waals surface area (Å²) in [4.78, 5) is 32.8. The van der Waals surface area contributed by atoms with Crippen molar-refractivity contribution < 1.29 is 31.8 Å². The van der Waals surface area contributed by atoms with Gasteiger partial charge in [-0.2, -0.15) is 23.1 Å². The highest BCUT2D eigenvalue weighted by Crippen LogP contribution is 2.45. The number of alkyl halides is 3. The van der Waals surface area contributed by atoms with Gasteiger partial charge < -0.3 is 29.6 Å². The molecule has 2 fully saturated rings. The van der Waals surface area contributed by atoms with E-state index in [9.17, 15) is 18.0 Å². The normalized spacial score (nSPS) is 21.7. The third kappa shape index (κ3) is 6.40. The molecule has 0 unspecified atom stereocenters. The number of anilines is 2. The van der Waals surface area contributed by atoms with Gasteiger partial charge in [0.15, 0.2) is 5.82 Å². The molecule has 11 nitrogen and oxygen atoms in total. The summed E-state index contributed by atoms with van der Waals surface area (Å²) >= 11 is 0. The van der Waals surface area contributed by atoms with Gasteiger partial charge in [-0.25, -0.2) is 9.37 Å². The highest BCUT2D eigenvalue weighted by Gasteiger charge is 2.47. The van der Waals surface area contributed by atoms with Crippen LogP contribution in [0.15, 0.2) is 24.4 Å². The van der Waals surface area contributed by atoms with Crippen molar-refractivity contribution in [2.45, 2.75) is 76.5 Å². The number of nitrogens with zero attached hydrogens (tertiary/aromatic N) is 7. The zero-order chi connectivity index (χ0) is 36.2. The largest absolute Gasteiger partial charge is 0.461 e. The SMILES string of the molecule is C=C1CN2CCC[C@@]2(COc2nc3c(c(N4CCCn5cc(C(=O)N(C)C)nc5C4)n2)CO[C@H](c2c(F)c(N)cc(C#CC)c2C(F)(F)F)C3)C1. The van der Waals surface area contributed by atoms with E-state index >= 15 is 4.39 Å². The molecule has 7 rings (SSSR count). The molecule has 4 aliphatic rings. The van der Waals surface area contributed by atoms with Crippen molar-refractivity contribution in [2.75, 3.05) is 51.0 Å². The number of nitrogen functional groups attached to an aromatic ring is 1. The van der Waals surface area contributed by atoms with E-state index in [-0.39, 0.29) is 30.5 Å². The van der Waals surface area contributed by atoms with Gasteiger partial charge in [-0.15, -0.1) is 5.92 Å². The van der Waals surface area contributed by atoms with Crippen LogP contribution in [0.2, 0.25) is 0 Å². The zero-order valence-corrected chi connectivity index (χ0v) is 28.9. The standard InChI is InChI=1S/C36H40F4N8O3/c1-5-8-22-13-24(41)31(37)29(30(22)36(38,39)40)27-14-25-23(19-50-27)32(44-34(43-25)51-20-35-9-6-12-48(35)16-21(2)15-35)47-11-7-10-46-17-26(33(49)45(3)4)42-28(46)18-47/h13,17,27H,2,6-7,9-12,14-16,18-20,41H2,1,3-4H3/t27-,35-/m0/s1. The van der Waals surface area contributed by atoms with Gasteiger partial charge in [0.25, 0.3) is 5.91 Å². The molecule has 270 valence electrons. The number of rotatable bonds is 6. The number of amides is 1. The zero-order valence-electron chi connectivity index (χ0n) is 28.9. The summed E-state index contributed by atoms with van der Waals surface area (Å²) in [5.74, 6) is 4.64. The third-order valence-electron chi connectivity index (χ3n) is 10.2. The van der Waals surface area contributed by atoms with E-state index in [0.29, 0.717) is 61.3 Å². The molecule has 2 N–H and O–H groups in total. The van der Waals surface area contributed by atoms with Gasteiger partial charge >= 0.3 is 12.2 Å². The molecule has 51 heavy (non-hydrogen) atoms. The molecule has 1 aromatic carbocycles. The number of halogens is 4. The molecule has 2 aromatic heterocycles. The molecule has 2 atom stereocenters. The topological polar surface area (TPSA) is 115 Å². The molecule has 0 bridgehead atoms. The van der Waals surface area contributed by atoms with Gasteiger partial charge in [0, 0.05) is 63.0 Å². The summed E-state index contributed by atoms with van der Waals surface area (Å²) in [6.07, 6.45) is -1.29. The lowest BCUT2D eigenvalue weighted by molar-refractivity contribution is -0.140. The Hall–Kier alpha value is -4.68. The van der Waals surface area contributed by atoms with Gasteiger partial charge in [-0.05, 0) is 45.2 Å². The molecular weight excluding hydrogens is 668 g/mol. The molecule has 4 aliphatic heterocycles. The second kappa shape index (κ2) is 13.1. The second-order valence-electron chi connectivity index (χ2n) is 13.9. The van der Waals surface area contributed by atoms with Crippen LogP contribution in [0, 0.1) is 17.7 Å². The van der Waals surface area contributed by atoms with Crippen LogP contribution in [-0.4, -0.2) is 81.1 Å². The maximum Gasteiger partial charge on any atom is 0.418 e. The summed E-state index contributed by atoms with van der Waals surface area (Å²) in [7, 11) is 3.33. The number of aromatic nitrogens is 4. The lowest BCUT2D eigenvalue weighted by Crippen LogP contribution is -2.43. The van der Waals surface area contributed by atoms with Crippen molar-refractivity contribution in [2.24, 2.45) is 0 Å². The molecule has 3 aromatic rings. The average molecular weight is 709 g/mol. The Kier molecular flexibility index (Phi) is 8.95. The van der Waals surface area contributed by atoms with Crippen LogP contribution in [0.5, 0.6) is 6.01 Å². The average Bonchev–Trinajstić information content (AvgIpc) is 3.70. The van der Waals surface area contributed by atoms with Crippen molar-refractivity contribution in [1.82, 2.24) is 29.3 Å². The summed E-state index contributed by atoms with van der Waals surface area (Å²) in [5.41, 5.74) is 5.27. The fourth-order valence-electron chi connectivity index (χ4n) is 7.90. The number of aryl methyl sites for hydroxylation is 1. The fraction of sp³-hybridized carbons (Fsp3) is 0.500. The summed E-state index contributed by atoms with van der Waals surface area (Å²) in [6.45, 7) is 8.94. The number of nitrogens with two attached hydrogens (primary N) is 1. The number of carbonyl (C=O) groups is 1. The third-order valence-corrected chi connectivity index (χ3v) is 10.2. The van der Waals surface area contributed by atoms with Crippen LogP contribution >= 0.6 is 0 Å². The fourth-order valence-corrected chi connectivity index (χ4v) is 7.90. The van der Waals surface area contributed by atoms with Crippen molar-refractivity contribution in [3.8, 4) is 17.9 Å². The highest BCUT2D eigenvalue weighted by atomic mass is 19.4. The smallest absolute Gasteiger partial charge is 0.418 e. The monoisotopic (exact) mass is 708 g/mol. The van der Waals surface area contributed by atoms with Crippen molar-refractivity contribution in [1.29, 1.82) is 0 Å². The van der Waals surface area contributed by atoms with Gasteiger partial charge in [0.05, 0.1) is 41.7 Å². The lowest BCUT2D eigenvalue weighted by Gasteiger charge is -2.33. The van der Waals surface area contributed by atoms with E-state index in [1.54, 1.807) is 20.3 Å². The molecule has 0 saturated carbocycles. The summed E-state index contributed by atoms with van der Waals surface area (Å²) < 4.78 is 73.8. The minimum atomic E-state index is -4.93. The predicted molar refractivity (Wildman–Crippen MR) is 180 cm³/mol. The Bertz CT molecular complexity index is 1970. The Labute approximate surface area is 293 Å². The first-order valence-electron chi connectivity index (χ1n) is 17.0. The van der Waals surface area contributed by atoms with Crippen LogP contribution in [0.25, 0.3) is 0 Å². The number of hydrogen-bond acceptors (Lipinski definition) is 9. The molecule has 0 spiro atoms. The van der Waals surface area contributed by atoms with E-state index < -0.39 is 40.5 Å². The Morgan fingerprint density at radius 2 is 2.00 bits per heavy atom. The first-order valence-corrected chi connectivity index (χ1v) is 17.0. The van der Waals surface area contributed by atoms with E-state index in [1.807, 2.05) is 9.47 Å². The molecule has 1 amide bonds. The van der Waals surface area contributed by atoms with E-state index in [1.165, 1.54) is 11.8 Å². The van der Waals surface area contributed by atoms with Crippen molar-refractivity contribution in [3.05, 3.63) is 69.7 Å². The van der Waals surface area contributed by atoms with E-state index in [4.69, 9.17) is 25.2 Å². The van der Waals surface area contributed by atoms with Crippen LogP contribution in [0.1, 0.15) is 83.0 Å². The quantitative estimate of drug-likeness (QED) is 0.166. The van der Waals surface area contributed by atoms with Crippen molar-refractivity contribution in [3.63, 3.8) is 0 Å². The minimum Gasteiger partial charge on any atom is -0.461 e. The summed E-state index contributed by atoms with van der Waals surface area (Å²) in [5, 5.41) is 0. The van der Waals surface area contributed by atoms with Gasteiger partial charge in [-0.3, -0.25) is 9.69 Å². The number of hydrogen-bond donors (Lipinski definition) is 1. The number of carbonyl (C=O) groups excluding carboxylic acids is 1. The maximum absolute atomic E-state index is 15.7. The lowest BCUT2D eigenvalue weighted by atomic mass is 9.91. The predicted octanol–water partition coefficient (Wildman–Crippen LogP) is 4.88. The van der Waals surface area contributed by atoms with Gasteiger partial charge in [-0.1, -0.05) is 18.1 Å². The maximum atomic E-state index is 15.7. The minimum absolute atomic E-state index is 0.0702. The Balaban J connectivity index is 1.29. The number of fused-ring (bicyclic) bond motifs is 3.